The van der Waals surface area contributed by atoms with Gasteiger partial charge in [-0.25, -0.2) is 4.98 Å². The summed E-state index contributed by atoms with van der Waals surface area (Å²) in [6, 6.07) is 10.8. The molecule has 0 saturated carbocycles. The van der Waals surface area contributed by atoms with Gasteiger partial charge in [-0.05, 0) is 42.8 Å². The van der Waals surface area contributed by atoms with Crippen molar-refractivity contribution < 1.29 is 9.53 Å². The Balaban J connectivity index is 2.03. The van der Waals surface area contributed by atoms with Crippen LogP contribution in [0.2, 0.25) is 0 Å². The van der Waals surface area contributed by atoms with Crippen molar-refractivity contribution in [2.24, 2.45) is 0 Å². The molecule has 21 heavy (non-hydrogen) atoms. The number of carbonyl (C=O) groups excluding carboxylic acids is 1. The zero-order chi connectivity index (χ0) is 15.1. The molecule has 0 aliphatic rings. The summed E-state index contributed by atoms with van der Waals surface area (Å²) < 4.78 is 5.40. The fourth-order valence-electron chi connectivity index (χ4n) is 1.69. The molecule has 1 aromatic carbocycles. The lowest BCUT2D eigenvalue weighted by Gasteiger charge is -2.08. The van der Waals surface area contributed by atoms with E-state index in [9.17, 15) is 4.79 Å². The lowest BCUT2D eigenvalue weighted by molar-refractivity contribution is -0.111. The predicted octanol–water partition coefficient (Wildman–Crippen LogP) is 2.71. The van der Waals surface area contributed by atoms with Gasteiger partial charge in [-0.3, -0.25) is 4.79 Å². The van der Waals surface area contributed by atoms with Crippen LogP contribution >= 0.6 is 0 Å². The van der Waals surface area contributed by atoms with Gasteiger partial charge in [0.25, 0.3) is 0 Å². The average Bonchev–Trinajstić information content (AvgIpc) is 2.49. The molecule has 0 aliphatic heterocycles. The summed E-state index contributed by atoms with van der Waals surface area (Å²) in [7, 11) is 0. The van der Waals surface area contributed by atoms with Gasteiger partial charge >= 0.3 is 0 Å². The molecule has 2 rings (SSSR count). The summed E-state index contributed by atoms with van der Waals surface area (Å²) in [6.07, 6.45) is 4.75. The van der Waals surface area contributed by atoms with Crippen molar-refractivity contribution in [2.75, 3.05) is 17.7 Å². The maximum atomic E-state index is 11.9. The van der Waals surface area contributed by atoms with Crippen molar-refractivity contribution >= 4 is 23.5 Å². The monoisotopic (exact) mass is 283 g/mol. The number of amides is 1. The van der Waals surface area contributed by atoms with Gasteiger partial charge < -0.3 is 15.8 Å². The van der Waals surface area contributed by atoms with Gasteiger partial charge in [-0.2, -0.15) is 0 Å². The number of nitrogens with zero attached hydrogens (tertiary/aromatic N) is 1. The molecule has 3 N–H and O–H groups in total. The molecule has 0 aliphatic carbocycles. The summed E-state index contributed by atoms with van der Waals surface area (Å²) in [5.74, 6) is 0.687. The molecular formula is C16H17N3O2. The molecule has 5 heteroatoms. The van der Waals surface area contributed by atoms with Gasteiger partial charge in [0.1, 0.15) is 0 Å². The molecule has 1 amide bonds. The Labute approximate surface area is 123 Å². The second kappa shape index (κ2) is 7.09. The van der Waals surface area contributed by atoms with E-state index in [1.807, 2.05) is 19.1 Å². The highest BCUT2D eigenvalue weighted by atomic mass is 16.5. The smallest absolute Gasteiger partial charge is 0.249 e. The first-order chi connectivity index (χ1) is 10.2. The summed E-state index contributed by atoms with van der Waals surface area (Å²) >= 11 is 0. The minimum atomic E-state index is -0.272. The minimum Gasteiger partial charge on any atom is -0.490 e. The third-order valence-electron chi connectivity index (χ3n) is 2.68. The highest BCUT2D eigenvalue weighted by molar-refractivity contribution is 6.02. The predicted molar refractivity (Wildman–Crippen MR) is 83.9 cm³/mol. The van der Waals surface area contributed by atoms with Gasteiger partial charge in [0.2, 0.25) is 5.91 Å². The van der Waals surface area contributed by atoms with E-state index in [0.717, 1.165) is 5.56 Å². The van der Waals surface area contributed by atoms with Gasteiger partial charge in [0, 0.05) is 18.0 Å². The number of benzene rings is 1. The number of nitrogens with one attached hydrogen (secondary N) is 1. The van der Waals surface area contributed by atoms with Crippen molar-refractivity contribution in [2.45, 2.75) is 6.92 Å². The maximum absolute atomic E-state index is 11.9. The number of ether oxygens (including phenoxy) is 1. The molecule has 0 spiro atoms. The number of rotatable bonds is 5. The lowest BCUT2D eigenvalue weighted by atomic mass is 10.2. The first-order valence-corrected chi connectivity index (χ1v) is 6.61. The Bertz CT molecular complexity index is 636. The van der Waals surface area contributed by atoms with Crippen molar-refractivity contribution in [3.63, 3.8) is 0 Å². The van der Waals surface area contributed by atoms with Crippen molar-refractivity contribution in [3.8, 4) is 5.75 Å². The molecular weight excluding hydrogens is 266 g/mol. The van der Waals surface area contributed by atoms with E-state index in [-0.39, 0.29) is 5.91 Å². The average molecular weight is 283 g/mol. The van der Waals surface area contributed by atoms with Gasteiger partial charge in [-0.1, -0.05) is 12.1 Å². The van der Waals surface area contributed by atoms with Crippen LogP contribution in [0.25, 0.3) is 6.08 Å². The van der Waals surface area contributed by atoms with Crippen LogP contribution in [0, 0.1) is 0 Å². The van der Waals surface area contributed by atoms with E-state index in [0.29, 0.717) is 23.9 Å². The zero-order valence-electron chi connectivity index (χ0n) is 11.7. The number of pyridine rings is 1. The number of nitrogens with two attached hydrogens (primary N) is 1. The quantitative estimate of drug-likeness (QED) is 0.653. The second-order valence-electron chi connectivity index (χ2n) is 4.27. The third-order valence-corrected chi connectivity index (χ3v) is 2.68. The largest absolute Gasteiger partial charge is 0.490 e. The molecule has 0 saturated heterocycles. The third kappa shape index (κ3) is 4.35. The summed E-state index contributed by atoms with van der Waals surface area (Å²) in [5, 5.41) is 2.69. The van der Waals surface area contributed by atoms with Crippen LogP contribution in [0.4, 0.5) is 11.5 Å². The van der Waals surface area contributed by atoms with Gasteiger partial charge in [0.15, 0.2) is 11.6 Å². The van der Waals surface area contributed by atoms with Crippen molar-refractivity contribution in [1.82, 2.24) is 4.98 Å². The zero-order valence-corrected chi connectivity index (χ0v) is 11.7. The van der Waals surface area contributed by atoms with Crippen LogP contribution in [0.1, 0.15) is 12.5 Å². The van der Waals surface area contributed by atoms with Crippen LogP contribution in [-0.4, -0.2) is 17.5 Å². The van der Waals surface area contributed by atoms with Crippen molar-refractivity contribution in [1.29, 1.82) is 0 Å². The molecule has 1 heterocycles. The normalized spacial score (nSPS) is 10.5. The van der Waals surface area contributed by atoms with Crippen LogP contribution < -0.4 is 15.8 Å². The first kappa shape index (κ1) is 14.6. The summed E-state index contributed by atoms with van der Waals surface area (Å²) in [6.45, 7) is 2.38. The second-order valence-corrected chi connectivity index (χ2v) is 4.27. The number of anilines is 2. The van der Waals surface area contributed by atoms with E-state index in [2.05, 4.69) is 10.3 Å². The molecule has 0 atom stereocenters. The molecule has 108 valence electrons. The fraction of sp³-hybridized carbons (Fsp3) is 0.125. The van der Waals surface area contributed by atoms with E-state index in [4.69, 9.17) is 10.5 Å². The highest BCUT2D eigenvalue weighted by Crippen LogP contribution is 2.20. The van der Waals surface area contributed by atoms with E-state index < -0.39 is 0 Å². The van der Waals surface area contributed by atoms with Crippen LogP contribution in [0.3, 0.4) is 0 Å². The Morgan fingerprint density at radius 2 is 2.10 bits per heavy atom. The number of hydrogen-bond acceptors (Lipinski definition) is 4. The topological polar surface area (TPSA) is 77.2 Å². The number of carbonyl (C=O) groups is 1. The molecule has 2 aromatic rings. The SMILES string of the molecule is CCOc1cccnc1NC(=O)/C=C/c1ccc(N)cc1. The van der Waals surface area contributed by atoms with Gasteiger partial charge in [-0.15, -0.1) is 0 Å². The van der Waals surface area contributed by atoms with Crippen LogP contribution in [0.15, 0.2) is 48.7 Å². The summed E-state index contributed by atoms with van der Waals surface area (Å²) in [4.78, 5) is 16.0. The standard InChI is InChI=1S/C16H17N3O2/c1-2-21-14-4-3-11-18-16(14)19-15(20)10-7-12-5-8-13(17)9-6-12/h3-11H,2,17H2,1H3,(H,18,19,20)/b10-7+. The number of aromatic nitrogens is 1. The van der Waals surface area contributed by atoms with Crippen LogP contribution in [-0.2, 0) is 4.79 Å². The lowest BCUT2D eigenvalue weighted by Crippen LogP contribution is -2.10. The van der Waals surface area contributed by atoms with E-state index in [1.54, 1.807) is 36.5 Å². The summed E-state index contributed by atoms with van der Waals surface area (Å²) in [5.41, 5.74) is 7.18. The Morgan fingerprint density at radius 1 is 1.33 bits per heavy atom. The molecule has 0 radical (unpaired) electrons. The number of nitrogen functional groups attached to an aromatic ring is 1. The minimum absolute atomic E-state index is 0.272. The van der Waals surface area contributed by atoms with Gasteiger partial charge in [0.05, 0.1) is 6.61 Å². The molecule has 0 unspecified atom stereocenters. The fourth-order valence-corrected chi connectivity index (χ4v) is 1.69. The van der Waals surface area contributed by atoms with E-state index >= 15 is 0 Å². The highest BCUT2D eigenvalue weighted by Gasteiger charge is 2.06. The first-order valence-electron chi connectivity index (χ1n) is 6.61. The Hall–Kier alpha value is -2.82. The number of hydrogen-bond donors (Lipinski definition) is 2. The Morgan fingerprint density at radius 3 is 2.81 bits per heavy atom. The molecule has 0 fully saturated rings. The maximum Gasteiger partial charge on any atom is 0.249 e. The Kier molecular flexibility index (Phi) is 4.93. The van der Waals surface area contributed by atoms with Crippen LogP contribution in [0.5, 0.6) is 5.75 Å². The molecule has 0 bridgehead atoms. The van der Waals surface area contributed by atoms with Crippen molar-refractivity contribution in [3.05, 3.63) is 54.2 Å². The molecule has 5 nitrogen and oxygen atoms in total. The van der Waals surface area contributed by atoms with E-state index in [1.165, 1.54) is 6.08 Å². The molecule has 1 aromatic heterocycles.